The molecule has 0 saturated carbocycles. The van der Waals surface area contributed by atoms with Crippen molar-refractivity contribution < 1.29 is 0 Å². The van der Waals surface area contributed by atoms with Crippen LogP contribution in [-0.2, 0) is 0 Å². The van der Waals surface area contributed by atoms with Crippen LogP contribution in [0.5, 0.6) is 0 Å². The number of nitrogens with one attached hydrogen (secondary N) is 1. The first-order chi connectivity index (χ1) is 31.6. The fourth-order valence-electron chi connectivity index (χ4n) is 9.10. The van der Waals surface area contributed by atoms with Crippen molar-refractivity contribution >= 4 is 59.7 Å². The van der Waals surface area contributed by atoms with Gasteiger partial charge in [-0.3, -0.25) is 5.41 Å². The Hall–Kier alpha value is -8.25. The minimum Gasteiger partial charge on any atom is -0.309 e. The number of nitrogens with zero attached hydrogens (tertiary/aromatic N) is 3. The van der Waals surface area contributed by atoms with E-state index in [1.165, 1.54) is 37.3 Å². The summed E-state index contributed by atoms with van der Waals surface area (Å²) in [5.74, 6) is 0.680. The molecular weight excluding hydrogens is 797 g/mol. The van der Waals surface area contributed by atoms with Crippen molar-refractivity contribution in [1.29, 1.82) is 5.41 Å². The number of hydrogen-bond acceptors (Lipinski definition) is 4. The summed E-state index contributed by atoms with van der Waals surface area (Å²) in [4.78, 5) is 11.4. The molecule has 3 aromatic heterocycles. The SMILES string of the molecule is N=C(c1ccc(-c2ccc(-c3cc(-c4cccc(-n5c6ccccc6c6ccccc65)c4)nc(-c4ccccc4)n3)cc2)cc1)c1c(-c2ccc3ccccc3c2)sc2ccccc12. The van der Waals surface area contributed by atoms with E-state index in [0.717, 1.165) is 71.8 Å². The largest absolute Gasteiger partial charge is 0.309 e. The van der Waals surface area contributed by atoms with Crippen LogP contribution >= 0.6 is 11.3 Å². The molecule has 5 heteroatoms. The molecular formula is C59H38N4S. The highest BCUT2D eigenvalue weighted by atomic mass is 32.1. The standard InChI is InChI=1S/C59H38N4S/c60-57(56-50-21-8-11-24-55(50)64-58(56)46-34-29-38-13-4-5-16-44(38)35-46)42-32-27-40(28-33-42)39-25-30-41(31-26-39)51-37-52(62-59(61-51)43-14-2-1-3-15-43)45-17-12-18-47(36-45)63-53-22-9-6-19-48(53)49-20-7-10-23-54(49)63/h1-37,60H. The van der Waals surface area contributed by atoms with Gasteiger partial charge in [-0.25, -0.2) is 9.97 Å². The average molecular weight is 835 g/mol. The number of thiophene rings is 1. The Bertz CT molecular complexity index is 3680. The summed E-state index contributed by atoms with van der Waals surface area (Å²) in [6.45, 7) is 0. The van der Waals surface area contributed by atoms with Crippen molar-refractivity contribution in [3.63, 3.8) is 0 Å². The van der Waals surface area contributed by atoms with Crippen LogP contribution in [0.25, 0.3) is 104 Å². The summed E-state index contributed by atoms with van der Waals surface area (Å²) < 4.78 is 3.53. The molecule has 0 radical (unpaired) electrons. The molecule has 0 aliphatic heterocycles. The lowest BCUT2D eigenvalue weighted by Crippen LogP contribution is -2.02. The Labute approximate surface area is 374 Å². The van der Waals surface area contributed by atoms with E-state index >= 15 is 0 Å². The van der Waals surface area contributed by atoms with Crippen LogP contribution < -0.4 is 0 Å². The average Bonchev–Trinajstić information content (AvgIpc) is 3.93. The van der Waals surface area contributed by atoms with Gasteiger partial charge in [0.2, 0.25) is 0 Å². The fourth-order valence-corrected chi connectivity index (χ4v) is 10.3. The van der Waals surface area contributed by atoms with Crippen LogP contribution in [0.2, 0.25) is 0 Å². The Balaban J connectivity index is 0.875. The molecule has 0 bridgehead atoms. The van der Waals surface area contributed by atoms with Gasteiger partial charge < -0.3 is 4.57 Å². The van der Waals surface area contributed by atoms with Gasteiger partial charge in [0.05, 0.1) is 28.1 Å². The predicted molar refractivity (Wildman–Crippen MR) is 269 cm³/mol. The van der Waals surface area contributed by atoms with E-state index in [2.05, 4.69) is 211 Å². The first kappa shape index (κ1) is 37.5. The highest BCUT2D eigenvalue weighted by Crippen LogP contribution is 2.41. The van der Waals surface area contributed by atoms with Crippen LogP contribution in [0.3, 0.4) is 0 Å². The lowest BCUT2D eigenvalue weighted by molar-refractivity contribution is 1.16. The first-order valence-corrected chi connectivity index (χ1v) is 22.3. The highest BCUT2D eigenvalue weighted by Gasteiger charge is 2.20. The molecule has 9 aromatic carbocycles. The number of aromatic nitrogens is 3. The van der Waals surface area contributed by atoms with E-state index in [0.29, 0.717) is 11.5 Å². The van der Waals surface area contributed by atoms with Crippen molar-refractivity contribution in [1.82, 2.24) is 14.5 Å². The Morgan fingerprint density at radius 1 is 0.406 bits per heavy atom. The number of benzene rings is 9. The molecule has 0 aliphatic carbocycles. The molecule has 0 atom stereocenters. The lowest BCUT2D eigenvalue weighted by Gasteiger charge is -2.12. The van der Waals surface area contributed by atoms with Crippen molar-refractivity contribution in [3.05, 3.63) is 236 Å². The summed E-state index contributed by atoms with van der Waals surface area (Å²) in [6, 6.07) is 78.7. The van der Waals surface area contributed by atoms with Crippen molar-refractivity contribution in [2.24, 2.45) is 0 Å². The van der Waals surface area contributed by atoms with E-state index in [1.54, 1.807) is 11.3 Å². The summed E-state index contributed by atoms with van der Waals surface area (Å²) in [5.41, 5.74) is 13.8. The van der Waals surface area contributed by atoms with E-state index in [-0.39, 0.29) is 0 Å². The summed E-state index contributed by atoms with van der Waals surface area (Å²) in [6.07, 6.45) is 0. The molecule has 0 amide bonds. The van der Waals surface area contributed by atoms with Gasteiger partial charge in [0, 0.05) is 59.2 Å². The molecule has 0 aliphatic rings. The Morgan fingerprint density at radius 2 is 0.969 bits per heavy atom. The summed E-state index contributed by atoms with van der Waals surface area (Å²) >= 11 is 1.76. The smallest absolute Gasteiger partial charge is 0.160 e. The molecule has 3 heterocycles. The van der Waals surface area contributed by atoms with Gasteiger partial charge in [-0.15, -0.1) is 11.3 Å². The summed E-state index contributed by atoms with van der Waals surface area (Å²) in [5, 5.41) is 15.6. The van der Waals surface area contributed by atoms with Crippen LogP contribution in [0, 0.1) is 5.41 Å². The van der Waals surface area contributed by atoms with Crippen LogP contribution in [-0.4, -0.2) is 20.2 Å². The third-order valence-electron chi connectivity index (χ3n) is 12.3. The quantitative estimate of drug-likeness (QED) is 0.155. The highest BCUT2D eigenvalue weighted by molar-refractivity contribution is 7.22. The topological polar surface area (TPSA) is 54.6 Å². The summed E-state index contributed by atoms with van der Waals surface area (Å²) in [7, 11) is 0. The lowest BCUT2D eigenvalue weighted by atomic mass is 9.94. The molecule has 64 heavy (non-hydrogen) atoms. The minimum absolute atomic E-state index is 0.525. The molecule has 0 fully saturated rings. The molecule has 300 valence electrons. The van der Waals surface area contributed by atoms with Gasteiger partial charge in [0.25, 0.3) is 0 Å². The van der Waals surface area contributed by atoms with Crippen LogP contribution in [0.1, 0.15) is 11.1 Å². The van der Waals surface area contributed by atoms with Crippen molar-refractivity contribution in [2.45, 2.75) is 0 Å². The normalized spacial score (nSPS) is 11.5. The van der Waals surface area contributed by atoms with E-state index in [9.17, 15) is 5.41 Å². The van der Waals surface area contributed by atoms with Gasteiger partial charge in [0.15, 0.2) is 5.82 Å². The van der Waals surface area contributed by atoms with E-state index < -0.39 is 0 Å². The molecule has 0 saturated heterocycles. The number of fused-ring (bicyclic) bond motifs is 5. The Morgan fingerprint density at radius 3 is 1.70 bits per heavy atom. The third-order valence-corrected chi connectivity index (χ3v) is 13.5. The molecule has 0 spiro atoms. The second kappa shape index (κ2) is 15.6. The Kier molecular flexibility index (Phi) is 9.13. The zero-order chi connectivity index (χ0) is 42.6. The van der Waals surface area contributed by atoms with Gasteiger partial charge in [-0.2, -0.15) is 0 Å². The van der Waals surface area contributed by atoms with Gasteiger partial charge in [-0.05, 0) is 69.9 Å². The van der Waals surface area contributed by atoms with Crippen molar-refractivity contribution in [3.8, 4) is 61.2 Å². The van der Waals surface area contributed by atoms with Crippen molar-refractivity contribution in [2.75, 3.05) is 0 Å². The van der Waals surface area contributed by atoms with E-state index in [4.69, 9.17) is 9.97 Å². The minimum atomic E-state index is 0.525. The second-order valence-corrected chi connectivity index (χ2v) is 17.2. The maximum Gasteiger partial charge on any atom is 0.160 e. The van der Waals surface area contributed by atoms with Gasteiger partial charge in [0.1, 0.15) is 0 Å². The zero-order valence-corrected chi connectivity index (χ0v) is 35.4. The van der Waals surface area contributed by atoms with Crippen LogP contribution in [0.15, 0.2) is 224 Å². The molecule has 12 aromatic rings. The molecule has 12 rings (SSSR count). The maximum atomic E-state index is 9.59. The third kappa shape index (κ3) is 6.58. The van der Waals surface area contributed by atoms with Crippen LogP contribution in [0.4, 0.5) is 0 Å². The zero-order valence-electron chi connectivity index (χ0n) is 34.6. The number of hydrogen-bond donors (Lipinski definition) is 1. The predicted octanol–water partition coefficient (Wildman–Crippen LogP) is 15.7. The maximum absolute atomic E-state index is 9.59. The first-order valence-electron chi connectivity index (χ1n) is 21.5. The molecule has 1 N–H and O–H groups in total. The molecule has 0 unspecified atom stereocenters. The number of para-hydroxylation sites is 2. The monoisotopic (exact) mass is 834 g/mol. The fraction of sp³-hybridized carbons (Fsp3) is 0. The number of rotatable bonds is 8. The van der Waals surface area contributed by atoms with Gasteiger partial charge >= 0.3 is 0 Å². The van der Waals surface area contributed by atoms with Gasteiger partial charge in [-0.1, -0.05) is 182 Å². The molecule has 4 nitrogen and oxygen atoms in total. The van der Waals surface area contributed by atoms with E-state index in [1.807, 2.05) is 18.2 Å². The second-order valence-electron chi connectivity index (χ2n) is 16.1.